The van der Waals surface area contributed by atoms with Gasteiger partial charge in [0.25, 0.3) is 0 Å². The van der Waals surface area contributed by atoms with Crippen LogP contribution in [0.2, 0.25) is 0 Å². The average molecular weight is 865 g/mol. The Morgan fingerprint density at radius 3 is 1.75 bits per heavy atom. The van der Waals surface area contributed by atoms with Gasteiger partial charge in [0.05, 0.1) is 22.1 Å². The van der Waals surface area contributed by atoms with E-state index in [1.54, 1.807) is 0 Å². The fourth-order valence-electron chi connectivity index (χ4n) is 6.65. The van der Waals surface area contributed by atoms with Gasteiger partial charge in [-0.3, -0.25) is 0 Å². The van der Waals surface area contributed by atoms with Crippen LogP contribution in [0.1, 0.15) is 17.3 Å². The summed E-state index contributed by atoms with van der Waals surface area (Å²) < 4.78 is 241. The Hall–Kier alpha value is -5.98. The molecule has 2 aliphatic heterocycles. The number of amidine groups is 1. The molecule has 57 heavy (non-hydrogen) atoms. The Balaban J connectivity index is 0.00000455. The molecule has 5 heterocycles. The van der Waals surface area contributed by atoms with E-state index in [0.29, 0.717) is 0 Å². The van der Waals surface area contributed by atoms with Gasteiger partial charge < -0.3 is 35.6 Å². The molecule has 297 valence electrons. The molecule has 1 aromatic carbocycles. The number of nitrogens with one attached hydrogen (secondary N) is 3. The molecule has 0 saturated heterocycles. The van der Waals surface area contributed by atoms with Crippen LogP contribution in [0.25, 0.3) is 33.6 Å². The van der Waals surface area contributed by atoms with E-state index in [2.05, 4.69) is 25.3 Å². The topological polar surface area (TPSA) is 109 Å². The van der Waals surface area contributed by atoms with Gasteiger partial charge >= 0.3 is 0 Å². The molecule has 0 spiro atoms. The third kappa shape index (κ3) is 4.86. The number of hydrogen-bond acceptors (Lipinski definition) is 4. The quantitative estimate of drug-likeness (QED) is 0.0948. The van der Waals surface area contributed by atoms with Crippen LogP contribution >= 0.6 is 0 Å². The van der Waals surface area contributed by atoms with Crippen LogP contribution in [0.4, 0.5) is 93.5 Å². The van der Waals surface area contributed by atoms with Crippen molar-refractivity contribution in [3.63, 3.8) is 0 Å². The van der Waals surface area contributed by atoms with Gasteiger partial charge in [-0.25, -0.2) is 75.2 Å². The first kappa shape index (κ1) is 37.9. The second kappa shape index (κ2) is 12.5. The van der Waals surface area contributed by atoms with Gasteiger partial charge in [0.15, 0.2) is 87.7 Å². The number of alkyl halides is 2. The van der Waals surface area contributed by atoms with Crippen LogP contribution in [0.5, 0.6) is 0 Å². The largest absolute Gasteiger partial charge is 0.414 e. The third-order valence-electron chi connectivity index (χ3n) is 9.14. The summed E-state index contributed by atoms with van der Waals surface area (Å²) >= 11 is 0. The number of hydrogen-bond donors (Lipinski definition) is 3. The smallest absolute Gasteiger partial charge is 0.206 e. The van der Waals surface area contributed by atoms with E-state index >= 15 is 35.1 Å². The maximum atomic E-state index is 15.5. The van der Waals surface area contributed by atoms with Crippen LogP contribution < -0.4 is 31.7 Å². The van der Waals surface area contributed by atoms with Gasteiger partial charge in [0.1, 0.15) is 5.82 Å². The summed E-state index contributed by atoms with van der Waals surface area (Å²) in [4.78, 5) is 18.6. The number of rotatable bonds is 0. The van der Waals surface area contributed by atoms with Crippen molar-refractivity contribution in [2.24, 2.45) is 20.9 Å². The second-order valence-corrected chi connectivity index (χ2v) is 12.1. The number of H-pyrrole nitrogens is 2. The predicted octanol–water partition coefficient (Wildman–Crippen LogP) is 7.99. The Morgan fingerprint density at radius 1 is 0.526 bits per heavy atom. The summed E-state index contributed by atoms with van der Waals surface area (Å²) in [7, 11) is 0. The predicted molar refractivity (Wildman–Crippen MR) is 158 cm³/mol. The van der Waals surface area contributed by atoms with E-state index in [4.69, 9.17) is 0 Å². The molecule has 25 heteroatoms. The summed E-state index contributed by atoms with van der Waals surface area (Å²) in [5, 5.41) is 0.0289. The first-order valence-corrected chi connectivity index (χ1v) is 15.1. The number of aromatic amines is 2. The van der Waals surface area contributed by atoms with E-state index < -0.39 is 184 Å². The molecule has 3 N–H and O–H groups in total. The van der Waals surface area contributed by atoms with Gasteiger partial charge in [0.2, 0.25) is 6.17 Å². The van der Waals surface area contributed by atoms with Gasteiger partial charge in [-0.05, 0) is 5.84 Å². The molecule has 3 unspecified atom stereocenters. The number of fused-ring (bicyclic) bond motifs is 19. The zero-order chi connectivity index (χ0) is 40.1. The molecule has 1 radical (unpaired) electrons. The Kier molecular flexibility index (Phi) is 8.32. The number of nitrogens with zero attached hydrogens (tertiary/aromatic N) is 5. The van der Waals surface area contributed by atoms with Crippen molar-refractivity contribution in [2.75, 3.05) is 0 Å². The number of allylic oxidation sites excluding steroid dienone is 6. The molecule has 9 rings (SSSR count). The second-order valence-electron chi connectivity index (χ2n) is 12.1. The molecule has 3 atom stereocenters. The molecule has 8 nitrogen and oxygen atoms in total. The van der Waals surface area contributed by atoms with Crippen molar-refractivity contribution in [2.45, 2.75) is 12.3 Å². The summed E-state index contributed by atoms with van der Waals surface area (Å²) in [5.74, 6) is -43.1. The van der Waals surface area contributed by atoms with Crippen molar-refractivity contribution < 1.29 is 87.0 Å². The maximum Gasteiger partial charge on any atom is 0.206 e. The molecular weight excluding hydrogens is 859 g/mol. The van der Waals surface area contributed by atoms with Crippen molar-refractivity contribution in [3.05, 3.63) is 113 Å². The Labute approximate surface area is 311 Å². The minimum absolute atomic E-state index is 0. The van der Waals surface area contributed by atoms with Crippen molar-refractivity contribution in [3.8, 4) is 0 Å². The monoisotopic (exact) mass is 865 g/mol. The first-order valence-electron chi connectivity index (χ1n) is 15.1. The van der Waals surface area contributed by atoms with Crippen LogP contribution in [0.15, 0.2) is 67.2 Å². The van der Waals surface area contributed by atoms with E-state index in [0.717, 1.165) is 0 Å². The fourth-order valence-corrected chi connectivity index (χ4v) is 6.65. The first-order chi connectivity index (χ1) is 26.4. The number of halogens is 16. The summed E-state index contributed by atoms with van der Waals surface area (Å²) in [5.41, 5.74) is -6.54. The molecular formula is C32H6CoF16N8-2. The zero-order valence-corrected chi connectivity index (χ0v) is 27.4. The molecule has 4 aromatic rings. The zero-order valence-electron chi connectivity index (χ0n) is 26.3. The van der Waals surface area contributed by atoms with Gasteiger partial charge in [-0.1, -0.05) is 0 Å². The molecule has 8 bridgehead atoms. The van der Waals surface area contributed by atoms with E-state index in [-0.39, 0.29) is 16.8 Å². The minimum atomic E-state index is -3.50. The van der Waals surface area contributed by atoms with Crippen molar-refractivity contribution >= 4 is 57.4 Å². The van der Waals surface area contributed by atoms with Gasteiger partial charge in [-0.2, -0.15) is 0 Å². The van der Waals surface area contributed by atoms with Crippen molar-refractivity contribution in [1.82, 2.24) is 20.3 Å². The van der Waals surface area contributed by atoms with Gasteiger partial charge in [-0.15, -0.1) is 0 Å². The normalized spacial score (nSPS) is 21.6. The molecule has 0 fully saturated rings. The van der Waals surface area contributed by atoms with E-state index in [9.17, 15) is 35.1 Å². The fraction of sp³-hybridized carbons (Fsp3) is 0.0938. The summed E-state index contributed by atoms with van der Waals surface area (Å²) in [6, 6.07) is 0. The number of aromatic nitrogens is 3. The Morgan fingerprint density at radius 2 is 1.11 bits per heavy atom. The van der Waals surface area contributed by atoms with E-state index in [1.165, 1.54) is 0 Å². The molecule has 3 aliphatic carbocycles. The third-order valence-corrected chi connectivity index (χ3v) is 9.14. The average Bonchev–Trinajstić information content (AvgIpc) is 3.92. The molecule has 3 aromatic heterocycles. The summed E-state index contributed by atoms with van der Waals surface area (Å²) in [6.45, 7) is 0. The SMILES string of the molecule is FC1=C(F)C2=C3[N-]c4[nH]c(c5c4C(F)=C(F)C(F)C=5F)=Nc4[nH]c(c5c4C(F)C(F)=C(F)C=5F)=Nc4[n-]c(c5c(F)c(F)c(F)c(F)c45)N=C(N3)C2C(F)=C1F.[Co]. The van der Waals surface area contributed by atoms with Crippen LogP contribution in [-0.2, 0) is 16.8 Å². The van der Waals surface area contributed by atoms with Crippen LogP contribution in [0.3, 0.4) is 0 Å². The molecule has 5 aliphatic rings. The Bertz CT molecular complexity index is 3070. The standard InChI is InChI=1S/C32H6F16N8.Co/c33-9-1-2(10(34)18(42)17(9)41)26-49-25(1)53-27-3-4(12(36)20(44)19(43)11(3)35)29(50-27)55-31-7-8(16(40)24(48)23(47)15(7)39)32(52-31)56-30-6-5(28(51-30)54-26)13(37)21(45)22(46)14(6)38;/h1,16,22H,(H,49,53)(H,51,56)(H,52,55);/q-2;. The van der Waals surface area contributed by atoms with Crippen LogP contribution in [0, 0.1) is 29.2 Å². The summed E-state index contributed by atoms with van der Waals surface area (Å²) in [6.07, 6.45) is -6.82. The molecule has 0 saturated carbocycles. The van der Waals surface area contributed by atoms with Crippen LogP contribution in [-0.4, -0.2) is 22.0 Å². The van der Waals surface area contributed by atoms with Gasteiger partial charge in [0, 0.05) is 72.7 Å². The number of benzene rings is 1. The van der Waals surface area contributed by atoms with E-state index in [1.807, 2.05) is 15.3 Å². The minimum Gasteiger partial charge on any atom is -0.414 e. The van der Waals surface area contributed by atoms with Crippen molar-refractivity contribution in [1.29, 1.82) is 0 Å². The molecule has 0 amide bonds. The number of aliphatic imine (C=N–C) groups is 1. The maximum absolute atomic E-state index is 15.5.